The average molecular weight is 285 g/mol. The molecule has 0 heterocycles. The van der Waals surface area contributed by atoms with Gasteiger partial charge in [0.05, 0.1) is 0 Å². The minimum absolute atomic E-state index is 0.266. The van der Waals surface area contributed by atoms with Crippen LogP contribution in [-0.4, -0.2) is 25.8 Å². The zero-order valence-electron chi connectivity index (χ0n) is 11.8. The third kappa shape index (κ3) is 4.28. The summed E-state index contributed by atoms with van der Waals surface area (Å²) in [5, 5.41) is 0. The Labute approximate surface area is 116 Å². The van der Waals surface area contributed by atoms with Crippen molar-refractivity contribution in [2.45, 2.75) is 33.4 Å². The number of hydrogen-bond acceptors (Lipinski definition) is 3. The maximum atomic E-state index is 12.1. The lowest BCUT2D eigenvalue weighted by molar-refractivity contribution is 0.429. The highest BCUT2D eigenvalue weighted by Crippen LogP contribution is 2.15. The number of nitrogens with two attached hydrogens (primary N) is 1. The summed E-state index contributed by atoms with van der Waals surface area (Å²) in [6.45, 7) is 6.89. The molecule has 0 bridgehead atoms. The van der Waals surface area contributed by atoms with Crippen molar-refractivity contribution >= 4 is 10.2 Å². The molecule has 19 heavy (non-hydrogen) atoms. The Morgan fingerprint density at radius 2 is 1.74 bits per heavy atom. The van der Waals surface area contributed by atoms with E-state index in [1.54, 1.807) is 0 Å². The van der Waals surface area contributed by atoms with E-state index in [1.165, 1.54) is 4.31 Å². The first-order valence-corrected chi connectivity index (χ1v) is 7.94. The molecule has 0 radical (unpaired) electrons. The van der Waals surface area contributed by atoms with E-state index in [4.69, 9.17) is 5.73 Å². The molecule has 1 unspecified atom stereocenters. The normalized spacial score (nSPS) is 13.7. The van der Waals surface area contributed by atoms with E-state index in [9.17, 15) is 8.42 Å². The van der Waals surface area contributed by atoms with Gasteiger partial charge in [0.15, 0.2) is 0 Å². The molecule has 0 spiro atoms. The van der Waals surface area contributed by atoms with Crippen molar-refractivity contribution in [2.75, 3.05) is 13.1 Å². The molecule has 0 fully saturated rings. The average Bonchev–Trinajstić information content (AvgIpc) is 2.39. The zero-order chi connectivity index (χ0) is 14.5. The lowest BCUT2D eigenvalue weighted by Gasteiger charge is -2.22. The van der Waals surface area contributed by atoms with Gasteiger partial charge >= 0.3 is 0 Å². The number of benzene rings is 1. The van der Waals surface area contributed by atoms with Crippen molar-refractivity contribution in [3.8, 4) is 0 Å². The Hall–Kier alpha value is -0.950. The molecule has 3 N–H and O–H groups in total. The van der Waals surface area contributed by atoms with E-state index >= 15 is 0 Å². The van der Waals surface area contributed by atoms with Gasteiger partial charge in [0.2, 0.25) is 0 Å². The van der Waals surface area contributed by atoms with Crippen molar-refractivity contribution < 1.29 is 8.42 Å². The van der Waals surface area contributed by atoms with E-state index in [0.717, 1.165) is 11.1 Å². The predicted molar refractivity (Wildman–Crippen MR) is 77.7 cm³/mol. The van der Waals surface area contributed by atoms with Crippen LogP contribution in [0.3, 0.4) is 0 Å². The standard InChI is InChI=1S/C13H23N3O2S/c1-4-16(5-2)19(17,18)15-11(3)13-8-6-12(10-14)7-9-13/h6-9,11,15H,4-5,10,14H2,1-3H3. The molecular weight excluding hydrogens is 262 g/mol. The molecule has 0 aliphatic carbocycles. The molecule has 0 aliphatic heterocycles. The van der Waals surface area contributed by atoms with Crippen LogP contribution < -0.4 is 10.5 Å². The van der Waals surface area contributed by atoms with Crippen LogP contribution in [-0.2, 0) is 16.8 Å². The minimum atomic E-state index is -3.43. The van der Waals surface area contributed by atoms with Crippen LogP contribution in [0.25, 0.3) is 0 Å². The summed E-state index contributed by atoms with van der Waals surface area (Å²) >= 11 is 0. The van der Waals surface area contributed by atoms with Crippen molar-refractivity contribution in [2.24, 2.45) is 5.73 Å². The minimum Gasteiger partial charge on any atom is -0.326 e. The Morgan fingerprint density at radius 1 is 1.21 bits per heavy atom. The molecule has 1 rings (SSSR count). The SMILES string of the molecule is CCN(CC)S(=O)(=O)NC(C)c1ccc(CN)cc1. The Morgan fingerprint density at radius 3 is 2.16 bits per heavy atom. The molecular formula is C13H23N3O2S. The maximum absolute atomic E-state index is 12.1. The Balaban J connectivity index is 2.80. The van der Waals surface area contributed by atoms with Crippen molar-refractivity contribution in [1.82, 2.24) is 9.03 Å². The van der Waals surface area contributed by atoms with Gasteiger partial charge in [-0.3, -0.25) is 0 Å². The molecule has 0 amide bonds. The van der Waals surface area contributed by atoms with Gasteiger partial charge in [0.1, 0.15) is 0 Å². The second-order valence-electron chi connectivity index (χ2n) is 4.37. The molecule has 108 valence electrons. The van der Waals surface area contributed by atoms with Crippen LogP contribution in [0.1, 0.15) is 37.9 Å². The summed E-state index contributed by atoms with van der Waals surface area (Å²) < 4.78 is 28.3. The molecule has 0 aromatic heterocycles. The van der Waals surface area contributed by atoms with Gasteiger partial charge in [0.25, 0.3) is 10.2 Å². The van der Waals surface area contributed by atoms with E-state index in [2.05, 4.69) is 4.72 Å². The van der Waals surface area contributed by atoms with Crippen LogP contribution in [0.15, 0.2) is 24.3 Å². The van der Waals surface area contributed by atoms with Gasteiger partial charge in [-0.2, -0.15) is 17.4 Å². The van der Waals surface area contributed by atoms with Crippen LogP contribution in [0, 0.1) is 0 Å². The summed E-state index contributed by atoms with van der Waals surface area (Å²) in [7, 11) is -3.43. The van der Waals surface area contributed by atoms with Gasteiger partial charge in [-0.25, -0.2) is 0 Å². The molecule has 6 heteroatoms. The first-order chi connectivity index (χ1) is 8.94. The lowest BCUT2D eigenvalue weighted by atomic mass is 10.1. The Kier molecular flexibility index (Phi) is 5.93. The molecule has 1 aromatic rings. The number of hydrogen-bond donors (Lipinski definition) is 2. The van der Waals surface area contributed by atoms with Gasteiger partial charge < -0.3 is 5.73 Å². The van der Waals surface area contributed by atoms with Gasteiger partial charge in [-0.15, -0.1) is 0 Å². The van der Waals surface area contributed by atoms with Crippen LogP contribution in [0.2, 0.25) is 0 Å². The third-order valence-corrected chi connectivity index (χ3v) is 4.93. The van der Waals surface area contributed by atoms with Crippen molar-refractivity contribution in [3.63, 3.8) is 0 Å². The van der Waals surface area contributed by atoms with Crippen molar-refractivity contribution in [1.29, 1.82) is 0 Å². The summed E-state index contributed by atoms with van der Waals surface area (Å²) in [4.78, 5) is 0. The van der Waals surface area contributed by atoms with Gasteiger partial charge in [-0.1, -0.05) is 38.1 Å². The molecule has 0 aliphatic rings. The predicted octanol–water partition coefficient (Wildman–Crippen LogP) is 1.38. The van der Waals surface area contributed by atoms with E-state index in [0.29, 0.717) is 19.6 Å². The molecule has 5 nitrogen and oxygen atoms in total. The van der Waals surface area contributed by atoms with E-state index in [-0.39, 0.29) is 6.04 Å². The topological polar surface area (TPSA) is 75.4 Å². The third-order valence-electron chi connectivity index (χ3n) is 3.09. The molecule has 0 saturated heterocycles. The fraction of sp³-hybridized carbons (Fsp3) is 0.538. The van der Waals surface area contributed by atoms with Crippen LogP contribution in [0.5, 0.6) is 0 Å². The molecule has 1 aromatic carbocycles. The van der Waals surface area contributed by atoms with Crippen LogP contribution in [0.4, 0.5) is 0 Å². The van der Waals surface area contributed by atoms with E-state index in [1.807, 2.05) is 45.0 Å². The summed E-state index contributed by atoms with van der Waals surface area (Å²) in [6, 6.07) is 7.36. The molecule has 0 saturated carbocycles. The van der Waals surface area contributed by atoms with Gasteiger partial charge in [0, 0.05) is 25.7 Å². The number of rotatable bonds is 7. The maximum Gasteiger partial charge on any atom is 0.279 e. The van der Waals surface area contributed by atoms with Gasteiger partial charge in [-0.05, 0) is 18.1 Å². The van der Waals surface area contributed by atoms with E-state index < -0.39 is 10.2 Å². The quantitative estimate of drug-likeness (QED) is 0.795. The first kappa shape index (κ1) is 16.1. The second-order valence-corrected chi connectivity index (χ2v) is 6.08. The highest BCUT2D eigenvalue weighted by molar-refractivity contribution is 7.87. The highest BCUT2D eigenvalue weighted by atomic mass is 32.2. The Bertz CT molecular complexity index is 481. The first-order valence-electron chi connectivity index (χ1n) is 6.50. The lowest BCUT2D eigenvalue weighted by Crippen LogP contribution is -2.41. The monoisotopic (exact) mass is 285 g/mol. The van der Waals surface area contributed by atoms with Crippen LogP contribution >= 0.6 is 0 Å². The smallest absolute Gasteiger partial charge is 0.279 e. The summed E-state index contributed by atoms with van der Waals surface area (Å²) in [6.07, 6.45) is 0. The fourth-order valence-electron chi connectivity index (χ4n) is 1.87. The molecule has 1 atom stereocenters. The summed E-state index contributed by atoms with van der Waals surface area (Å²) in [5.41, 5.74) is 7.49. The zero-order valence-corrected chi connectivity index (χ0v) is 12.6. The largest absolute Gasteiger partial charge is 0.326 e. The number of nitrogens with zero attached hydrogens (tertiary/aromatic N) is 1. The highest BCUT2D eigenvalue weighted by Gasteiger charge is 2.21. The second kappa shape index (κ2) is 7.00. The van der Waals surface area contributed by atoms with Crippen molar-refractivity contribution in [3.05, 3.63) is 35.4 Å². The fourth-order valence-corrected chi connectivity index (χ4v) is 3.28. The summed E-state index contributed by atoms with van der Waals surface area (Å²) in [5.74, 6) is 0. The number of nitrogens with one attached hydrogen (secondary N) is 1.